The van der Waals surface area contributed by atoms with Gasteiger partial charge in [-0.05, 0) is 18.2 Å². The average molecular weight is 309 g/mol. The predicted molar refractivity (Wildman–Crippen MR) is 81.2 cm³/mol. The Balaban J connectivity index is 2.25. The van der Waals surface area contributed by atoms with Gasteiger partial charge in [0.15, 0.2) is 0 Å². The fraction of sp³-hybridized carbons (Fsp3) is 0.200. The third kappa shape index (κ3) is 3.49. The third-order valence-electron chi connectivity index (χ3n) is 3.21. The van der Waals surface area contributed by atoms with Gasteiger partial charge in [-0.25, -0.2) is 4.39 Å². The van der Waals surface area contributed by atoms with E-state index in [4.69, 9.17) is 11.6 Å². The highest BCUT2D eigenvalue weighted by Gasteiger charge is 2.15. The molecule has 0 aromatic heterocycles. The number of halogens is 2. The molecule has 0 saturated heterocycles. The van der Waals surface area contributed by atoms with Crippen LogP contribution in [0.25, 0.3) is 0 Å². The number of anilines is 1. The fourth-order valence-corrected chi connectivity index (χ4v) is 2.28. The van der Waals surface area contributed by atoms with Crippen molar-refractivity contribution in [3.05, 3.63) is 69.5 Å². The van der Waals surface area contributed by atoms with Gasteiger partial charge in [0.1, 0.15) is 5.82 Å². The second kappa shape index (κ2) is 6.54. The predicted octanol–water partition coefficient (Wildman–Crippen LogP) is 4.11. The Morgan fingerprint density at radius 1 is 1.24 bits per heavy atom. The van der Waals surface area contributed by atoms with Crippen molar-refractivity contribution < 1.29 is 9.31 Å². The molecule has 0 aliphatic heterocycles. The summed E-state index contributed by atoms with van der Waals surface area (Å²) in [6.07, 6.45) is 0. The fourth-order valence-electron chi connectivity index (χ4n) is 2.07. The zero-order valence-corrected chi connectivity index (χ0v) is 12.2. The molecule has 0 N–H and O–H groups in total. The highest BCUT2D eigenvalue weighted by atomic mass is 35.5. The van der Waals surface area contributed by atoms with Crippen LogP contribution in [0.15, 0.2) is 42.5 Å². The minimum absolute atomic E-state index is 0.00644. The van der Waals surface area contributed by atoms with Crippen LogP contribution >= 0.6 is 11.6 Å². The summed E-state index contributed by atoms with van der Waals surface area (Å²) in [4.78, 5) is 12.2. The molecule has 0 saturated carbocycles. The van der Waals surface area contributed by atoms with Crippen molar-refractivity contribution in [2.75, 3.05) is 11.9 Å². The highest BCUT2D eigenvalue weighted by Crippen LogP contribution is 2.26. The summed E-state index contributed by atoms with van der Waals surface area (Å²) in [5, 5.41) is 10.9. The monoisotopic (exact) mass is 308 g/mol. The molecule has 21 heavy (non-hydrogen) atoms. The Kier molecular flexibility index (Phi) is 4.75. The number of nitro groups is 1. The molecule has 0 aliphatic carbocycles. The van der Waals surface area contributed by atoms with Gasteiger partial charge in [-0.1, -0.05) is 18.2 Å². The summed E-state index contributed by atoms with van der Waals surface area (Å²) < 4.78 is 13.6. The van der Waals surface area contributed by atoms with E-state index in [0.717, 1.165) is 5.69 Å². The lowest BCUT2D eigenvalue weighted by Gasteiger charge is -2.20. The van der Waals surface area contributed by atoms with Crippen molar-refractivity contribution in [1.29, 1.82) is 0 Å². The van der Waals surface area contributed by atoms with Gasteiger partial charge in [0.25, 0.3) is 5.69 Å². The van der Waals surface area contributed by atoms with Gasteiger partial charge < -0.3 is 4.90 Å². The topological polar surface area (TPSA) is 46.4 Å². The van der Waals surface area contributed by atoms with Gasteiger partial charge >= 0.3 is 0 Å². The lowest BCUT2D eigenvalue weighted by atomic mass is 10.1. The van der Waals surface area contributed by atoms with Gasteiger partial charge in [-0.15, -0.1) is 11.6 Å². The Morgan fingerprint density at radius 3 is 2.57 bits per heavy atom. The number of benzene rings is 2. The van der Waals surface area contributed by atoms with Crippen molar-refractivity contribution in [2.24, 2.45) is 0 Å². The average Bonchev–Trinajstić information content (AvgIpc) is 2.48. The van der Waals surface area contributed by atoms with Crippen LogP contribution in [-0.2, 0) is 12.4 Å². The van der Waals surface area contributed by atoms with E-state index in [2.05, 4.69) is 0 Å². The molecule has 0 radical (unpaired) electrons. The third-order valence-corrected chi connectivity index (χ3v) is 3.50. The molecule has 0 bridgehead atoms. The van der Waals surface area contributed by atoms with Crippen LogP contribution in [0.4, 0.5) is 15.8 Å². The Labute approximate surface area is 126 Å². The van der Waals surface area contributed by atoms with E-state index in [1.165, 1.54) is 12.1 Å². The minimum Gasteiger partial charge on any atom is -0.370 e. The van der Waals surface area contributed by atoms with Crippen LogP contribution in [0, 0.1) is 15.9 Å². The molecule has 0 atom stereocenters. The summed E-state index contributed by atoms with van der Waals surface area (Å²) in [6.45, 7) is 0.367. The maximum Gasteiger partial charge on any atom is 0.273 e. The van der Waals surface area contributed by atoms with Crippen LogP contribution in [0.3, 0.4) is 0 Å². The maximum absolute atomic E-state index is 13.6. The standard InChI is InChI=1S/C15H14ClFN2O2/c1-18(10-11-4-2-3-5-14(11)17)13-6-7-15(19(20)21)12(8-13)9-16/h2-8H,9-10H2,1H3. The van der Waals surface area contributed by atoms with Gasteiger partial charge in [0, 0.05) is 36.5 Å². The van der Waals surface area contributed by atoms with Gasteiger partial charge in [-0.2, -0.15) is 0 Å². The molecular weight excluding hydrogens is 295 g/mol. The molecule has 110 valence electrons. The van der Waals surface area contributed by atoms with E-state index in [1.54, 1.807) is 37.4 Å². The first-order valence-corrected chi connectivity index (χ1v) is 6.84. The maximum atomic E-state index is 13.6. The van der Waals surface area contributed by atoms with Gasteiger partial charge in [0.2, 0.25) is 0 Å². The molecule has 2 aromatic rings. The molecule has 4 nitrogen and oxygen atoms in total. The number of rotatable bonds is 5. The lowest BCUT2D eigenvalue weighted by molar-refractivity contribution is -0.385. The number of hydrogen-bond acceptors (Lipinski definition) is 3. The number of hydrogen-bond donors (Lipinski definition) is 0. The summed E-state index contributed by atoms with van der Waals surface area (Å²) in [6, 6.07) is 11.2. The highest BCUT2D eigenvalue weighted by molar-refractivity contribution is 6.17. The van der Waals surface area contributed by atoms with Crippen LogP contribution in [-0.4, -0.2) is 12.0 Å². The van der Waals surface area contributed by atoms with E-state index >= 15 is 0 Å². The number of nitro benzene ring substituents is 1. The smallest absolute Gasteiger partial charge is 0.273 e. The first-order valence-electron chi connectivity index (χ1n) is 6.30. The Morgan fingerprint density at radius 2 is 1.95 bits per heavy atom. The summed E-state index contributed by atoms with van der Waals surface area (Å²) >= 11 is 5.76. The molecule has 6 heteroatoms. The van der Waals surface area contributed by atoms with Crippen molar-refractivity contribution in [2.45, 2.75) is 12.4 Å². The quantitative estimate of drug-likeness (QED) is 0.474. The summed E-state index contributed by atoms with van der Waals surface area (Å²) in [5.41, 5.74) is 1.75. The molecule has 0 amide bonds. The van der Waals surface area contributed by atoms with Gasteiger partial charge in [0.05, 0.1) is 10.8 Å². The molecule has 0 fully saturated rings. The Bertz CT molecular complexity index is 664. The number of alkyl halides is 1. The number of nitrogens with zero attached hydrogens (tertiary/aromatic N) is 2. The first kappa shape index (κ1) is 15.3. The van der Waals surface area contributed by atoms with E-state index in [-0.39, 0.29) is 17.4 Å². The molecular formula is C15H14ClFN2O2. The Hall–Kier alpha value is -2.14. The molecule has 2 aromatic carbocycles. The largest absolute Gasteiger partial charge is 0.370 e. The normalized spacial score (nSPS) is 10.4. The van der Waals surface area contributed by atoms with E-state index < -0.39 is 4.92 Å². The molecule has 0 aliphatic rings. The SMILES string of the molecule is CN(Cc1ccccc1F)c1ccc([N+](=O)[O-])c(CCl)c1. The van der Waals surface area contributed by atoms with Crippen LogP contribution in [0.5, 0.6) is 0 Å². The second-order valence-corrected chi connectivity index (χ2v) is 4.92. The second-order valence-electron chi connectivity index (χ2n) is 4.65. The first-order chi connectivity index (χ1) is 10.0. The van der Waals surface area contributed by atoms with Crippen molar-refractivity contribution in [3.63, 3.8) is 0 Å². The lowest BCUT2D eigenvalue weighted by Crippen LogP contribution is -2.17. The molecule has 0 spiro atoms. The summed E-state index contributed by atoms with van der Waals surface area (Å²) in [5.74, 6) is -0.221. The molecule has 2 rings (SSSR count). The van der Waals surface area contributed by atoms with E-state index in [1.807, 2.05) is 4.90 Å². The molecule has 0 unspecified atom stereocenters. The zero-order valence-electron chi connectivity index (χ0n) is 11.4. The van der Waals surface area contributed by atoms with Crippen molar-refractivity contribution in [1.82, 2.24) is 0 Å². The van der Waals surface area contributed by atoms with Crippen LogP contribution in [0.2, 0.25) is 0 Å². The van der Waals surface area contributed by atoms with Gasteiger partial charge in [-0.3, -0.25) is 10.1 Å². The van der Waals surface area contributed by atoms with Crippen molar-refractivity contribution >= 4 is 23.0 Å². The zero-order chi connectivity index (χ0) is 15.4. The van der Waals surface area contributed by atoms with E-state index in [0.29, 0.717) is 17.7 Å². The van der Waals surface area contributed by atoms with Crippen LogP contribution < -0.4 is 4.90 Å². The minimum atomic E-state index is -0.460. The van der Waals surface area contributed by atoms with Crippen molar-refractivity contribution in [3.8, 4) is 0 Å². The summed E-state index contributed by atoms with van der Waals surface area (Å²) in [7, 11) is 1.80. The van der Waals surface area contributed by atoms with E-state index in [9.17, 15) is 14.5 Å². The van der Waals surface area contributed by atoms with Crippen LogP contribution in [0.1, 0.15) is 11.1 Å². The molecule has 0 heterocycles.